The maximum Gasteiger partial charge on any atom is 0.330 e. The third-order valence-corrected chi connectivity index (χ3v) is 7.96. The second-order valence-corrected chi connectivity index (χ2v) is 9.93. The Kier molecular flexibility index (Phi) is 5.28. The number of anilines is 1. The molecule has 7 heteroatoms. The van der Waals surface area contributed by atoms with E-state index in [-0.39, 0.29) is 30.1 Å². The number of esters is 1. The van der Waals surface area contributed by atoms with E-state index in [2.05, 4.69) is 17.5 Å². The Morgan fingerprint density at radius 1 is 0.886 bits per heavy atom. The number of imide groups is 1. The molecular formula is C28H26N2O5. The van der Waals surface area contributed by atoms with Gasteiger partial charge in [0.2, 0.25) is 11.8 Å². The van der Waals surface area contributed by atoms with Crippen LogP contribution in [-0.2, 0) is 30.3 Å². The number of benzene rings is 2. The van der Waals surface area contributed by atoms with Gasteiger partial charge in [0.15, 0.2) is 6.61 Å². The first kappa shape index (κ1) is 21.8. The van der Waals surface area contributed by atoms with Crippen molar-refractivity contribution < 1.29 is 23.9 Å². The molecule has 0 unspecified atom stereocenters. The predicted octanol–water partition coefficient (Wildman–Crippen LogP) is 2.83. The van der Waals surface area contributed by atoms with E-state index in [4.69, 9.17) is 4.74 Å². The third kappa shape index (κ3) is 3.75. The molecule has 0 radical (unpaired) electrons. The zero-order valence-corrected chi connectivity index (χ0v) is 19.1. The molecule has 1 N–H and O–H groups in total. The maximum atomic E-state index is 13.6. The van der Waals surface area contributed by atoms with Crippen LogP contribution in [0.2, 0.25) is 0 Å². The fourth-order valence-corrected chi connectivity index (χ4v) is 6.36. The van der Waals surface area contributed by atoms with Crippen molar-refractivity contribution in [3.8, 4) is 0 Å². The molecule has 178 valence electrons. The lowest BCUT2D eigenvalue weighted by atomic mass is 9.63. The number of nitrogens with zero attached hydrogens (tertiary/aromatic N) is 1. The van der Waals surface area contributed by atoms with Crippen molar-refractivity contribution in [1.29, 1.82) is 0 Å². The zero-order valence-electron chi connectivity index (χ0n) is 19.1. The second-order valence-electron chi connectivity index (χ2n) is 9.93. The van der Waals surface area contributed by atoms with Crippen molar-refractivity contribution in [2.75, 3.05) is 11.9 Å². The van der Waals surface area contributed by atoms with Crippen LogP contribution in [0.3, 0.4) is 0 Å². The Bertz CT molecular complexity index is 1170. The minimum atomic E-state index is -1.11. The van der Waals surface area contributed by atoms with Crippen LogP contribution < -0.4 is 5.32 Å². The maximum absolute atomic E-state index is 13.6. The fraction of sp³-hybridized carbons (Fsp3) is 0.357. The topological polar surface area (TPSA) is 92.8 Å². The largest absolute Gasteiger partial charge is 0.454 e. The normalized spacial score (nSPS) is 30.5. The number of carbonyl (C=O) groups is 4. The Hall–Kier alpha value is -3.74. The van der Waals surface area contributed by atoms with Crippen LogP contribution in [-0.4, -0.2) is 41.2 Å². The van der Waals surface area contributed by atoms with Gasteiger partial charge in [-0.15, -0.1) is 0 Å². The summed E-state index contributed by atoms with van der Waals surface area (Å²) < 4.78 is 5.36. The molecule has 2 saturated carbocycles. The highest BCUT2D eigenvalue weighted by atomic mass is 16.5. The standard InChI is InChI=1S/C28H26N2O5/c31-23(29-17-9-5-2-6-10-17)15-35-28(34)22(13-16-7-3-1-4-8-16)30-26(32)24-18-11-12-19(21-14-20(18)21)25(24)27(30)33/h1-12,18-22,24-25H,13-15H2,(H,29,31)/t18-,19-,20-,21+,22-,24+,25+/m1/s1. The van der Waals surface area contributed by atoms with E-state index < -0.39 is 36.4 Å². The quantitative estimate of drug-likeness (QED) is 0.382. The van der Waals surface area contributed by atoms with E-state index in [0.29, 0.717) is 17.5 Å². The number of nitrogens with one attached hydrogen (secondary N) is 1. The molecule has 2 aromatic rings. The summed E-state index contributed by atoms with van der Waals surface area (Å²) in [6.07, 6.45) is 5.43. The first-order valence-corrected chi connectivity index (χ1v) is 12.1. The molecule has 7 rings (SSSR count). The van der Waals surface area contributed by atoms with Gasteiger partial charge >= 0.3 is 5.97 Å². The number of carbonyl (C=O) groups excluding carboxylic acids is 4. The number of ether oxygens (including phenoxy) is 1. The molecule has 2 aromatic carbocycles. The van der Waals surface area contributed by atoms with Crippen LogP contribution in [0, 0.1) is 35.5 Å². The highest BCUT2D eigenvalue weighted by Crippen LogP contribution is 2.65. The van der Waals surface area contributed by atoms with Gasteiger partial charge in [-0.2, -0.15) is 0 Å². The Labute approximate surface area is 203 Å². The van der Waals surface area contributed by atoms with Gasteiger partial charge in [-0.25, -0.2) is 4.79 Å². The van der Waals surface area contributed by atoms with Crippen LogP contribution in [0.5, 0.6) is 0 Å². The Morgan fingerprint density at radius 3 is 2.06 bits per heavy atom. The van der Waals surface area contributed by atoms with Crippen LogP contribution in [0.15, 0.2) is 72.8 Å². The van der Waals surface area contributed by atoms with Gasteiger partial charge in [0.25, 0.3) is 5.91 Å². The number of hydrogen-bond donors (Lipinski definition) is 1. The van der Waals surface area contributed by atoms with Crippen LogP contribution in [0.4, 0.5) is 5.69 Å². The van der Waals surface area contributed by atoms with Crippen molar-refractivity contribution >= 4 is 29.4 Å². The number of amides is 3. The van der Waals surface area contributed by atoms with Gasteiger partial charge in [-0.1, -0.05) is 60.7 Å². The molecule has 4 aliphatic carbocycles. The SMILES string of the molecule is O=C(COC(=O)[C@@H](Cc1ccccc1)N1C(=O)[C@H]2[C@@H]3C=C[C@H]([C@@H]4C[C@H]34)[C@@H]2C1=O)Nc1ccccc1. The summed E-state index contributed by atoms with van der Waals surface area (Å²) in [5, 5.41) is 2.67. The summed E-state index contributed by atoms with van der Waals surface area (Å²) in [6.45, 7) is -0.501. The van der Waals surface area contributed by atoms with E-state index in [1.807, 2.05) is 36.4 Å². The Balaban J connectivity index is 1.22. The average molecular weight is 471 g/mol. The monoisotopic (exact) mass is 470 g/mol. The molecule has 35 heavy (non-hydrogen) atoms. The second kappa shape index (κ2) is 8.48. The molecule has 0 spiro atoms. The average Bonchev–Trinajstić information content (AvgIpc) is 3.66. The van der Waals surface area contributed by atoms with E-state index in [1.54, 1.807) is 24.3 Å². The van der Waals surface area contributed by atoms with Crippen molar-refractivity contribution in [2.45, 2.75) is 18.9 Å². The number of allylic oxidation sites excluding steroid dienone is 2. The fourth-order valence-electron chi connectivity index (χ4n) is 6.36. The highest BCUT2D eigenvalue weighted by molar-refractivity contribution is 6.09. The predicted molar refractivity (Wildman–Crippen MR) is 127 cm³/mol. The summed E-state index contributed by atoms with van der Waals surface area (Å²) in [7, 11) is 0. The van der Waals surface area contributed by atoms with E-state index >= 15 is 0 Å². The first-order chi connectivity index (χ1) is 17.0. The molecule has 0 aromatic heterocycles. The molecule has 7 nitrogen and oxygen atoms in total. The summed E-state index contributed by atoms with van der Waals surface area (Å²) in [4.78, 5) is 54.0. The summed E-state index contributed by atoms with van der Waals surface area (Å²) in [5.74, 6) is -1.49. The number of likely N-dealkylation sites (tertiary alicyclic amines) is 1. The van der Waals surface area contributed by atoms with Crippen molar-refractivity contribution in [2.24, 2.45) is 35.5 Å². The van der Waals surface area contributed by atoms with Crippen molar-refractivity contribution in [3.05, 3.63) is 78.4 Å². The third-order valence-electron chi connectivity index (χ3n) is 7.96. The highest BCUT2D eigenvalue weighted by Gasteiger charge is 2.68. The van der Waals surface area contributed by atoms with Crippen LogP contribution >= 0.6 is 0 Å². The summed E-state index contributed by atoms with van der Waals surface area (Å²) in [6, 6.07) is 17.0. The molecular weight excluding hydrogens is 444 g/mol. The summed E-state index contributed by atoms with van der Waals surface area (Å²) >= 11 is 0. The number of rotatable bonds is 7. The Morgan fingerprint density at radius 2 is 1.46 bits per heavy atom. The van der Waals surface area contributed by atoms with E-state index in [1.165, 1.54) is 0 Å². The minimum absolute atomic E-state index is 0.0708. The van der Waals surface area contributed by atoms with E-state index in [9.17, 15) is 19.2 Å². The van der Waals surface area contributed by atoms with Gasteiger partial charge in [0.05, 0.1) is 11.8 Å². The zero-order chi connectivity index (χ0) is 24.1. The molecule has 1 aliphatic heterocycles. The van der Waals surface area contributed by atoms with Gasteiger partial charge in [-0.3, -0.25) is 19.3 Å². The van der Waals surface area contributed by atoms with Crippen molar-refractivity contribution in [1.82, 2.24) is 4.90 Å². The first-order valence-electron chi connectivity index (χ1n) is 12.1. The molecule has 7 atom stereocenters. The van der Waals surface area contributed by atoms with Crippen LogP contribution in [0.25, 0.3) is 0 Å². The van der Waals surface area contributed by atoms with Crippen molar-refractivity contribution in [3.63, 3.8) is 0 Å². The van der Waals surface area contributed by atoms with Crippen LogP contribution in [0.1, 0.15) is 12.0 Å². The lowest BCUT2D eigenvalue weighted by Crippen LogP contribution is -2.48. The van der Waals surface area contributed by atoms with Gasteiger partial charge < -0.3 is 10.1 Å². The minimum Gasteiger partial charge on any atom is -0.454 e. The summed E-state index contributed by atoms with van der Waals surface area (Å²) in [5.41, 5.74) is 1.40. The number of para-hydroxylation sites is 1. The lowest BCUT2D eigenvalue weighted by Gasteiger charge is -2.37. The van der Waals surface area contributed by atoms with E-state index in [0.717, 1.165) is 16.9 Å². The molecule has 5 aliphatic rings. The molecule has 1 heterocycles. The van der Waals surface area contributed by atoms with Gasteiger partial charge in [0.1, 0.15) is 6.04 Å². The lowest BCUT2D eigenvalue weighted by molar-refractivity contribution is -0.160. The van der Waals surface area contributed by atoms with Gasteiger partial charge in [0, 0.05) is 12.1 Å². The number of hydrogen-bond acceptors (Lipinski definition) is 5. The smallest absolute Gasteiger partial charge is 0.330 e. The molecule has 3 amide bonds. The molecule has 3 fully saturated rings. The molecule has 1 saturated heterocycles. The van der Waals surface area contributed by atoms with Gasteiger partial charge in [-0.05, 0) is 47.8 Å². The molecule has 2 bridgehead atoms.